The van der Waals surface area contributed by atoms with Gasteiger partial charge < -0.3 is 19.6 Å². The Bertz CT molecular complexity index is 701. The normalized spacial score (nSPS) is 22.0. The van der Waals surface area contributed by atoms with Crippen LogP contribution in [0.1, 0.15) is 48.1 Å². The number of hydrogen-bond donors (Lipinski definition) is 1. The van der Waals surface area contributed by atoms with Crippen LogP contribution in [-0.2, 0) is 4.74 Å². The number of alkyl halides is 2. The molecule has 0 radical (unpaired) electrons. The van der Waals surface area contributed by atoms with Crippen molar-refractivity contribution in [2.45, 2.75) is 44.3 Å². The van der Waals surface area contributed by atoms with Crippen LogP contribution in [0.4, 0.5) is 13.6 Å². The SMILES string of the molecule is CC(C)c1nc(C(=O)N2CC(F)(F)OC3(CCN(C(=O)O)CC3)C2)cs1. The van der Waals surface area contributed by atoms with E-state index in [9.17, 15) is 18.4 Å². The highest BCUT2D eigenvalue weighted by molar-refractivity contribution is 7.09. The number of piperidine rings is 1. The topological polar surface area (TPSA) is 83.0 Å². The van der Waals surface area contributed by atoms with Gasteiger partial charge in [-0.25, -0.2) is 9.78 Å². The Kier molecular flexibility index (Phi) is 4.91. The van der Waals surface area contributed by atoms with Gasteiger partial charge in [-0.15, -0.1) is 11.3 Å². The molecule has 2 saturated heterocycles. The van der Waals surface area contributed by atoms with Crippen molar-refractivity contribution in [3.63, 3.8) is 0 Å². The second-order valence-corrected chi connectivity index (χ2v) is 7.97. The molecule has 10 heteroatoms. The van der Waals surface area contributed by atoms with Crippen LogP contribution in [0.3, 0.4) is 0 Å². The maximum Gasteiger partial charge on any atom is 0.407 e. The van der Waals surface area contributed by atoms with Gasteiger partial charge in [-0.2, -0.15) is 8.78 Å². The lowest BCUT2D eigenvalue weighted by Gasteiger charge is -2.48. The first-order valence-electron chi connectivity index (χ1n) is 8.41. The van der Waals surface area contributed by atoms with Gasteiger partial charge in [0.25, 0.3) is 5.91 Å². The van der Waals surface area contributed by atoms with Crippen molar-refractivity contribution in [3.05, 3.63) is 16.1 Å². The molecule has 144 valence electrons. The zero-order chi connectivity index (χ0) is 19.1. The third-order valence-corrected chi connectivity index (χ3v) is 5.83. The number of morpholine rings is 1. The molecule has 2 aliphatic rings. The number of aromatic nitrogens is 1. The number of nitrogens with zero attached hydrogens (tertiary/aromatic N) is 3. The van der Waals surface area contributed by atoms with Crippen molar-refractivity contribution in [2.24, 2.45) is 0 Å². The van der Waals surface area contributed by atoms with Gasteiger partial charge in [-0.3, -0.25) is 4.79 Å². The fourth-order valence-electron chi connectivity index (χ4n) is 3.33. The number of carbonyl (C=O) groups is 2. The average molecular weight is 389 g/mol. The quantitative estimate of drug-likeness (QED) is 0.841. The van der Waals surface area contributed by atoms with Gasteiger partial charge in [0.05, 0.1) is 17.2 Å². The van der Waals surface area contributed by atoms with E-state index in [1.54, 1.807) is 5.38 Å². The molecule has 2 amide bonds. The summed E-state index contributed by atoms with van der Waals surface area (Å²) in [5.74, 6) is -0.393. The summed E-state index contributed by atoms with van der Waals surface area (Å²) in [7, 11) is 0. The van der Waals surface area contributed by atoms with Crippen molar-refractivity contribution >= 4 is 23.3 Å². The minimum atomic E-state index is -3.48. The van der Waals surface area contributed by atoms with Gasteiger partial charge in [0.1, 0.15) is 12.2 Å². The predicted octanol–water partition coefficient (Wildman–Crippen LogP) is 2.84. The smallest absolute Gasteiger partial charge is 0.407 e. The molecule has 3 heterocycles. The minimum Gasteiger partial charge on any atom is -0.465 e. The van der Waals surface area contributed by atoms with Crippen LogP contribution >= 0.6 is 11.3 Å². The fourth-order valence-corrected chi connectivity index (χ4v) is 4.14. The molecule has 0 aromatic carbocycles. The molecule has 0 bridgehead atoms. The van der Waals surface area contributed by atoms with E-state index in [0.717, 1.165) is 9.91 Å². The first-order chi connectivity index (χ1) is 12.1. The van der Waals surface area contributed by atoms with E-state index in [1.165, 1.54) is 16.2 Å². The number of likely N-dealkylation sites (tertiary alicyclic amines) is 1. The summed E-state index contributed by atoms with van der Waals surface area (Å²) in [6.45, 7) is 3.26. The number of amides is 2. The Hall–Kier alpha value is -1.81. The summed E-state index contributed by atoms with van der Waals surface area (Å²) in [5, 5.41) is 11.4. The lowest BCUT2D eigenvalue weighted by Crippen LogP contribution is -2.63. The summed E-state index contributed by atoms with van der Waals surface area (Å²) in [6, 6.07) is 0. The lowest BCUT2D eigenvalue weighted by atomic mass is 9.89. The predicted molar refractivity (Wildman–Crippen MR) is 89.7 cm³/mol. The van der Waals surface area contributed by atoms with E-state index in [4.69, 9.17) is 9.84 Å². The standard InChI is InChI=1S/C16H21F2N3O4S/c1-10(2)12-19-11(7-26-12)13(22)21-8-15(25-16(17,18)9-21)3-5-20(6-4-15)14(23)24/h7,10H,3-6,8-9H2,1-2H3,(H,23,24). The number of ether oxygens (including phenoxy) is 1. The Morgan fingerprint density at radius 2 is 1.92 bits per heavy atom. The Balaban J connectivity index is 1.77. The molecule has 3 rings (SSSR count). The number of halogens is 2. The molecule has 2 aliphatic heterocycles. The highest BCUT2D eigenvalue weighted by atomic mass is 32.1. The second-order valence-electron chi connectivity index (χ2n) is 7.08. The largest absolute Gasteiger partial charge is 0.465 e. The van der Waals surface area contributed by atoms with Crippen molar-refractivity contribution in [1.29, 1.82) is 0 Å². The van der Waals surface area contributed by atoms with E-state index in [0.29, 0.717) is 0 Å². The Morgan fingerprint density at radius 1 is 1.27 bits per heavy atom. The van der Waals surface area contributed by atoms with Crippen molar-refractivity contribution in [1.82, 2.24) is 14.8 Å². The van der Waals surface area contributed by atoms with Crippen LogP contribution in [0.2, 0.25) is 0 Å². The highest BCUT2D eigenvalue weighted by Gasteiger charge is 2.52. The van der Waals surface area contributed by atoms with E-state index in [-0.39, 0.29) is 44.1 Å². The molecule has 7 nitrogen and oxygen atoms in total. The van der Waals surface area contributed by atoms with Gasteiger partial charge in [0.15, 0.2) is 0 Å². The maximum absolute atomic E-state index is 14.2. The van der Waals surface area contributed by atoms with Crippen LogP contribution in [0, 0.1) is 0 Å². The molecule has 2 fully saturated rings. The Labute approximate surface area is 153 Å². The molecule has 0 aliphatic carbocycles. The van der Waals surface area contributed by atoms with Gasteiger partial charge >= 0.3 is 12.2 Å². The lowest BCUT2D eigenvalue weighted by molar-refractivity contribution is -0.331. The summed E-state index contributed by atoms with van der Waals surface area (Å²) in [5.41, 5.74) is -1.07. The summed E-state index contributed by atoms with van der Waals surface area (Å²) in [4.78, 5) is 30.2. The molecule has 1 aromatic heterocycles. The molecule has 0 atom stereocenters. The monoisotopic (exact) mass is 389 g/mol. The van der Waals surface area contributed by atoms with E-state index < -0.39 is 30.3 Å². The maximum atomic E-state index is 14.2. The first kappa shape index (κ1) is 19.0. The summed E-state index contributed by atoms with van der Waals surface area (Å²) in [6.07, 6.45) is -4.32. The highest BCUT2D eigenvalue weighted by Crippen LogP contribution is 2.38. The van der Waals surface area contributed by atoms with Crippen LogP contribution in [-0.4, -0.2) is 69.8 Å². The number of hydrogen-bond acceptors (Lipinski definition) is 5. The number of carbonyl (C=O) groups excluding carboxylic acids is 1. The number of carboxylic acid groups (broad SMARTS) is 1. The van der Waals surface area contributed by atoms with E-state index in [1.807, 2.05) is 13.8 Å². The molecule has 1 spiro atoms. The van der Waals surface area contributed by atoms with Gasteiger partial charge in [0, 0.05) is 24.4 Å². The number of rotatable bonds is 2. The minimum absolute atomic E-state index is 0.00339. The van der Waals surface area contributed by atoms with Gasteiger partial charge in [-0.05, 0) is 12.8 Å². The molecule has 1 aromatic rings. The third-order valence-electron chi connectivity index (χ3n) is 4.69. The van der Waals surface area contributed by atoms with Gasteiger partial charge in [-0.1, -0.05) is 13.8 Å². The summed E-state index contributed by atoms with van der Waals surface area (Å²) < 4.78 is 33.4. The third kappa shape index (κ3) is 3.80. The van der Waals surface area contributed by atoms with Crippen molar-refractivity contribution < 1.29 is 28.2 Å². The molecular weight excluding hydrogens is 368 g/mol. The van der Waals surface area contributed by atoms with Crippen LogP contribution in [0.25, 0.3) is 0 Å². The zero-order valence-electron chi connectivity index (χ0n) is 14.6. The molecule has 26 heavy (non-hydrogen) atoms. The zero-order valence-corrected chi connectivity index (χ0v) is 15.4. The van der Waals surface area contributed by atoms with Crippen LogP contribution in [0.5, 0.6) is 0 Å². The number of thiazole rings is 1. The average Bonchev–Trinajstić information content (AvgIpc) is 3.03. The van der Waals surface area contributed by atoms with Crippen molar-refractivity contribution in [2.75, 3.05) is 26.2 Å². The fraction of sp³-hybridized carbons (Fsp3) is 0.688. The summed E-state index contributed by atoms with van der Waals surface area (Å²) >= 11 is 1.33. The van der Waals surface area contributed by atoms with E-state index >= 15 is 0 Å². The van der Waals surface area contributed by atoms with Crippen LogP contribution in [0.15, 0.2) is 5.38 Å². The Morgan fingerprint density at radius 3 is 2.46 bits per heavy atom. The van der Waals surface area contributed by atoms with Crippen LogP contribution < -0.4 is 0 Å². The molecule has 0 saturated carbocycles. The molecular formula is C16H21F2N3O4S. The van der Waals surface area contributed by atoms with Gasteiger partial charge in [0.2, 0.25) is 0 Å². The molecule has 0 unspecified atom stereocenters. The first-order valence-corrected chi connectivity index (χ1v) is 9.29. The van der Waals surface area contributed by atoms with Crippen molar-refractivity contribution in [3.8, 4) is 0 Å². The molecule has 1 N–H and O–H groups in total. The second kappa shape index (κ2) is 6.73. The van der Waals surface area contributed by atoms with E-state index in [2.05, 4.69) is 4.98 Å².